The molecule has 0 aromatic rings. The maximum atomic E-state index is 12.0. The summed E-state index contributed by atoms with van der Waals surface area (Å²) in [6.07, 6.45) is 3.31. The Morgan fingerprint density at radius 2 is 1.73 bits per heavy atom. The SMILES string of the molecule is CC1(CC(=O)N2CC3C(C2)C3(C)C)CC1. The number of fused-ring (bicyclic) bond motifs is 1. The third kappa shape index (κ3) is 1.41. The molecule has 3 rings (SSSR count). The quantitative estimate of drug-likeness (QED) is 0.680. The Labute approximate surface area is 92.0 Å². The number of nitrogens with zero attached hydrogens (tertiary/aromatic N) is 1. The molecule has 2 nitrogen and oxygen atoms in total. The zero-order chi connectivity index (χ0) is 10.8. The van der Waals surface area contributed by atoms with E-state index in [-0.39, 0.29) is 0 Å². The molecule has 2 aliphatic carbocycles. The highest BCUT2D eigenvalue weighted by Gasteiger charge is 2.62. The van der Waals surface area contributed by atoms with Crippen molar-refractivity contribution in [2.24, 2.45) is 22.7 Å². The number of amides is 1. The van der Waals surface area contributed by atoms with E-state index in [9.17, 15) is 4.79 Å². The van der Waals surface area contributed by atoms with Crippen LogP contribution in [-0.4, -0.2) is 23.9 Å². The van der Waals surface area contributed by atoms with Gasteiger partial charge in [-0.3, -0.25) is 4.79 Å². The van der Waals surface area contributed by atoms with Crippen LogP contribution in [0.4, 0.5) is 0 Å². The van der Waals surface area contributed by atoms with Gasteiger partial charge in [-0.25, -0.2) is 0 Å². The van der Waals surface area contributed by atoms with Gasteiger partial charge in [-0.2, -0.15) is 0 Å². The minimum absolute atomic E-state index is 0.374. The molecule has 0 N–H and O–H groups in total. The molecule has 1 heterocycles. The van der Waals surface area contributed by atoms with Crippen molar-refractivity contribution < 1.29 is 4.79 Å². The smallest absolute Gasteiger partial charge is 0.223 e. The second-order valence-electron chi connectivity index (χ2n) is 6.82. The van der Waals surface area contributed by atoms with Crippen molar-refractivity contribution in [3.63, 3.8) is 0 Å². The molecule has 1 aliphatic heterocycles. The summed E-state index contributed by atoms with van der Waals surface area (Å²) in [6, 6.07) is 0. The summed E-state index contributed by atoms with van der Waals surface area (Å²) in [5, 5.41) is 0. The number of carbonyl (C=O) groups is 1. The maximum Gasteiger partial charge on any atom is 0.223 e. The van der Waals surface area contributed by atoms with E-state index in [1.165, 1.54) is 12.8 Å². The van der Waals surface area contributed by atoms with Crippen molar-refractivity contribution in [3.8, 4) is 0 Å². The summed E-state index contributed by atoms with van der Waals surface area (Å²) in [5.74, 6) is 2.01. The summed E-state index contributed by atoms with van der Waals surface area (Å²) in [6.45, 7) is 8.99. The van der Waals surface area contributed by atoms with Gasteiger partial charge in [-0.15, -0.1) is 0 Å². The van der Waals surface area contributed by atoms with Crippen molar-refractivity contribution in [2.75, 3.05) is 13.1 Å². The highest BCUT2D eigenvalue weighted by molar-refractivity contribution is 5.78. The lowest BCUT2D eigenvalue weighted by molar-refractivity contribution is -0.132. The predicted octanol–water partition coefficient (Wildman–Crippen LogP) is 2.29. The Bertz CT molecular complexity index is 302. The Morgan fingerprint density at radius 3 is 2.20 bits per heavy atom. The van der Waals surface area contributed by atoms with E-state index >= 15 is 0 Å². The van der Waals surface area contributed by atoms with Gasteiger partial charge in [0, 0.05) is 19.5 Å². The first-order valence-electron chi connectivity index (χ1n) is 6.20. The fourth-order valence-corrected chi connectivity index (χ4v) is 3.20. The van der Waals surface area contributed by atoms with Gasteiger partial charge >= 0.3 is 0 Å². The van der Waals surface area contributed by atoms with Crippen molar-refractivity contribution in [1.82, 2.24) is 4.90 Å². The van der Waals surface area contributed by atoms with E-state index in [1.54, 1.807) is 0 Å². The summed E-state index contributed by atoms with van der Waals surface area (Å²) >= 11 is 0. The molecule has 0 radical (unpaired) electrons. The van der Waals surface area contributed by atoms with Crippen molar-refractivity contribution in [3.05, 3.63) is 0 Å². The molecule has 3 fully saturated rings. The molecular weight excluding hydrogens is 186 g/mol. The standard InChI is InChI=1S/C13H21NO/c1-12(2)9-7-14(8-10(9)12)11(15)6-13(3)4-5-13/h9-10H,4-8H2,1-3H3. The van der Waals surface area contributed by atoms with Crippen LogP contribution in [0.1, 0.15) is 40.0 Å². The van der Waals surface area contributed by atoms with E-state index in [2.05, 4.69) is 25.7 Å². The first-order chi connectivity index (χ1) is 6.92. The lowest BCUT2D eigenvalue weighted by Crippen LogP contribution is -2.33. The monoisotopic (exact) mass is 207 g/mol. The fourth-order valence-electron chi connectivity index (χ4n) is 3.20. The van der Waals surface area contributed by atoms with Gasteiger partial charge in [0.25, 0.3) is 0 Å². The van der Waals surface area contributed by atoms with Crippen LogP contribution in [0.25, 0.3) is 0 Å². The van der Waals surface area contributed by atoms with Crippen LogP contribution in [0, 0.1) is 22.7 Å². The number of rotatable bonds is 2. The summed E-state index contributed by atoms with van der Waals surface area (Å²) in [4.78, 5) is 14.1. The van der Waals surface area contributed by atoms with Crippen LogP contribution in [-0.2, 0) is 4.79 Å². The van der Waals surface area contributed by atoms with Crippen molar-refractivity contribution in [1.29, 1.82) is 0 Å². The van der Waals surface area contributed by atoms with Crippen LogP contribution < -0.4 is 0 Å². The molecule has 0 aromatic carbocycles. The zero-order valence-corrected chi connectivity index (χ0v) is 10.0. The molecule has 3 aliphatic rings. The number of hydrogen-bond donors (Lipinski definition) is 0. The molecule has 0 bridgehead atoms. The zero-order valence-electron chi connectivity index (χ0n) is 10.0. The average Bonchev–Trinajstić information content (AvgIpc) is 2.89. The van der Waals surface area contributed by atoms with Gasteiger partial charge in [0.15, 0.2) is 0 Å². The first-order valence-corrected chi connectivity index (χ1v) is 6.20. The van der Waals surface area contributed by atoms with Crippen LogP contribution >= 0.6 is 0 Å². The van der Waals surface area contributed by atoms with E-state index in [4.69, 9.17) is 0 Å². The number of hydrogen-bond acceptors (Lipinski definition) is 1. The molecule has 1 amide bonds. The molecule has 1 saturated heterocycles. The Kier molecular flexibility index (Phi) is 1.67. The van der Waals surface area contributed by atoms with E-state index in [0.29, 0.717) is 16.7 Å². The number of piperidine rings is 1. The topological polar surface area (TPSA) is 20.3 Å². The van der Waals surface area contributed by atoms with Crippen molar-refractivity contribution >= 4 is 5.91 Å². The number of likely N-dealkylation sites (tertiary alicyclic amines) is 1. The second-order valence-corrected chi connectivity index (χ2v) is 6.82. The average molecular weight is 207 g/mol. The molecule has 2 unspecified atom stereocenters. The Morgan fingerprint density at radius 1 is 1.20 bits per heavy atom. The molecule has 84 valence electrons. The molecule has 0 aromatic heterocycles. The highest BCUT2D eigenvalue weighted by atomic mass is 16.2. The van der Waals surface area contributed by atoms with Gasteiger partial charge in [0.2, 0.25) is 5.91 Å². The molecule has 2 heteroatoms. The van der Waals surface area contributed by atoms with E-state index in [1.807, 2.05) is 0 Å². The summed E-state index contributed by atoms with van der Waals surface area (Å²) in [7, 11) is 0. The van der Waals surface area contributed by atoms with Gasteiger partial charge in [-0.1, -0.05) is 20.8 Å². The fraction of sp³-hybridized carbons (Fsp3) is 0.923. The van der Waals surface area contributed by atoms with Crippen LogP contribution in [0.15, 0.2) is 0 Å². The Balaban J connectivity index is 1.56. The second kappa shape index (κ2) is 2.58. The summed E-state index contributed by atoms with van der Waals surface area (Å²) in [5.41, 5.74) is 0.902. The van der Waals surface area contributed by atoms with E-state index in [0.717, 1.165) is 31.3 Å². The third-order valence-electron chi connectivity index (χ3n) is 5.16. The lowest BCUT2D eigenvalue weighted by atomic mass is 10.0. The number of carbonyl (C=O) groups excluding carboxylic acids is 1. The molecular formula is C13H21NO. The van der Waals surface area contributed by atoms with Crippen LogP contribution in [0.3, 0.4) is 0 Å². The minimum Gasteiger partial charge on any atom is -0.342 e. The predicted molar refractivity (Wildman–Crippen MR) is 59.3 cm³/mol. The third-order valence-corrected chi connectivity index (χ3v) is 5.16. The van der Waals surface area contributed by atoms with Crippen LogP contribution in [0.2, 0.25) is 0 Å². The lowest BCUT2D eigenvalue weighted by Gasteiger charge is -2.23. The normalized spacial score (nSPS) is 38.7. The maximum absolute atomic E-state index is 12.0. The van der Waals surface area contributed by atoms with Crippen LogP contribution in [0.5, 0.6) is 0 Å². The van der Waals surface area contributed by atoms with E-state index < -0.39 is 0 Å². The first kappa shape index (κ1) is 9.68. The molecule has 15 heavy (non-hydrogen) atoms. The highest BCUT2D eigenvalue weighted by Crippen LogP contribution is 2.62. The minimum atomic E-state index is 0.374. The molecule has 2 saturated carbocycles. The van der Waals surface area contributed by atoms with Gasteiger partial charge in [0.1, 0.15) is 0 Å². The van der Waals surface area contributed by atoms with Gasteiger partial charge in [-0.05, 0) is 35.5 Å². The molecule has 0 spiro atoms. The van der Waals surface area contributed by atoms with Crippen molar-refractivity contribution in [2.45, 2.75) is 40.0 Å². The largest absolute Gasteiger partial charge is 0.342 e. The van der Waals surface area contributed by atoms with Gasteiger partial charge in [0.05, 0.1) is 0 Å². The Hall–Kier alpha value is -0.530. The summed E-state index contributed by atoms with van der Waals surface area (Å²) < 4.78 is 0. The molecule has 2 atom stereocenters. The van der Waals surface area contributed by atoms with Gasteiger partial charge < -0.3 is 4.90 Å².